The number of aromatic amines is 1. The first-order chi connectivity index (χ1) is 8.66. The largest absolute Gasteiger partial charge is 0.352 e. The maximum Gasteiger partial charge on any atom is 0.251 e. The molecule has 6 heteroatoms. The Balaban J connectivity index is 1.89. The van der Waals surface area contributed by atoms with Crippen molar-refractivity contribution >= 4 is 5.91 Å². The van der Waals surface area contributed by atoms with Crippen molar-refractivity contribution in [2.45, 2.75) is 6.42 Å². The van der Waals surface area contributed by atoms with Gasteiger partial charge in [-0.3, -0.25) is 4.79 Å². The van der Waals surface area contributed by atoms with Crippen LogP contribution in [0, 0.1) is 11.6 Å². The van der Waals surface area contributed by atoms with Gasteiger partial charge in [0.05, 0.1) is 6.33 Å². The van der Waals surface area contributed by atoms with Crippen LogP contribution in [0.4, 0.5) is 8.78 Å². The number of nitrogens with zero attached hydrogens (tertiary/aromatic N) is 1. The van der Waals surface area contributed by atoms with E-state index in [0.29, 0.717) is 13.0 Å². The molecule has 18 heavy (non-hydrogen) atoms. The number of amides is 1. The van der Waals surface area contributed by atoms with Gasteiger partial charge in [-0.15, -0.1) is 0 Å². The van der Waals surface area contributed by atoms with Crippen LogP contribution in [0.2, 0.25) is 0 Å². The summed E-state index contributed by atoms with van der Waals surface area (Å²) >= 11 is 0. The summed E-state index contributed by atoms with van der Waals surface area (Å²) in [5, 5.41) is 2.61. The summed E-state index contributed by atoms with van der Waals surface area (Å²) in [6.07, 6.45) is 3.80. The summed E-state index contributed by atoms with van der Waals surface area (Å²) in [5.74, 6) is -2.44. The number of halogens is 2. The zero-order valence-electron chi connectivity index (χ0n) is 9.41. The summed E-state index contributed by atoms with van der Waals surface area (Å²) in [4.78, 5) is 18.3. The Morgan fingerprint density at radius 3 is 2.83 bits per heavy atom. The van der Waals surface area contributed by atoms with Crippen LogP contribution in [0.3, 0.4) is 0 Å². The molecule has 1 aromatic heterocycles. The van der Waals surface area contributed by atoms with Gasteiger partial charge < -0.3 is 10.3 Å². The molecule has 94 valence electrons. The first-order valence-electron chi connectivity index (χ1n) is 5.37. The molecule has 2 N–H and O–H groups in total. The zero-order valence-corrected chi connectivity index (χ0v) is 9.41. The van der Waals surface area contributed by atoms with Crippen LogP contribution < -0.4 is 5.32 Å². The van der Waals surface area contributed by atoms with Crippen molar-refractivity contribution in [1.29, 1.82) is 0 Å². The molecule has 0 atom stereocenters. The molecule has 0 saturated heterocycles. The molecule has 0 fully saturated rings. The van der Waals surface area contributed by atoms with E-state index in [-0.39, 0.29) is 5.56 Å². The molecule has 1 amide bonds. The predicted molar refractivity (Wildman–Crippen MR) is 61.0 cm³/mol. The molecule has 0 spiro atoms. The molecule has 1 heterocycles. The highest BCUT2D eigenvalue weighted by molar-refractivity contribution is 5.94. The van der Waals surface area contributed by atoms with E-state index in [1.165, 1.54) is 6.07 Å². The fourth-order valence-corrected chi connectivity index (χ4v) is 1.47. The Bertz CT molecular complexity index is 540. The Morgan fingerprint density at radius 2 is 2.17 bits per heavy atom. The standard InChI is InChI=1S/C12H11F2N3O/c13-10-2-1-8(5-11(10)14)12(18)16-4-3-9-6-15-7-17-9/h1-2,5-7H,3-4H2,(H,15,17)(H,16,18). The van der Waals surface area contributed by atoms with Gasteiger partial charge in [-0.25, -0.2) is 13.8 Å². The molecule has 0 radical (unpaired) electrons. The van der Waals surface area contributed by atoms with Gasteiger partial charge >= 0.3 is 0 Å². The van der Waals surface area contributed by atoms with E-state index in [1.807, 2.05) is 0 Å². The monoisotopic (exact) mass is 251 g/mol. The van der Waals surface area contributed by atoms with Crippen molar-refractivity contribution in [2.75, 3.05) is 6.54 Å². The van der Waals surface area contributed by atoms with Crippen LogP contribution in [0.1, 0.15) is 16.1 Å². The summed E-state index contributed by atoms with van der Waals surface area (Å²) in [5.41, 5.74) is 0.985. The van der Waals surface area contributed by atoms with E-state index in [4.69, 9.17) is 0 Å². The minimum atomic E-state index is -1.03. The van der Waals surface area contributed by atoms with Crippen LogP contribution >= 0.6 is 0 Å². The first-order valence-corrected chi connectivity index (χ1v) is 5.37. The average Bonchev–Trinajstić information content (AvgIpc) is 2.85. The van der Waals surface area contributed by atoms with E-state index in [2.05, 4.69) is 15.3 Å². The summed E-state index contributed by atoms with van der Waals surface area (Å²) in [6, 6.07) is 3.05. The fourth-order valence-electron chi connectivity index (χ4n) is 1.47. The maximum absolute atomic E-state index is 12.9. The Kier molecular flexibility index (Phi) is 3.66. The molecule has 0 aliphatic heterocycles. The van der Waals surface area contributed by atoms with E-state index in [1.54, 1.807) is 12.5 Å². The normalized spacial score (nSPS) is 10.3. The molecule has 0 aliphatic carbocycles. The molecule has 2 aromatic rings. The van der Waals surface area contributed by atoms with Crippen LogP contribution in [0.15, 0.2) is 30.7 Å². The lowest BCUT2D eigenvalue weighted by Crippen LogP contribution is -2.25. The molecule has 0 saturated carbocycles. The third-order valence-electron chi connectivity index (χ3n) is 2.42. The number of hydrogen-bond donors (Lipinski definition) is 2. The molecule has 0 aliphatic rings. The number of benzene rings is 1. The Labute approximate surface area is 102 Å². The van der Waals surface area contributed by atoms with Crippen molar-refractivity contribution in [2.24, 2.45) is 0 Å². The Morgan fingerprint density at radius 1 is 1.33 bits per heavy atom. The van der Waals surface area contributed by atoms with Crippen molar-refractivity contribution in [3.63, 3.8) is 0 Å². The smallest absolute Gasteiger partial charge is 0.251 e. The van der Waals surface area contributed by atoms with Gasteiger partial charge in [0.1, 0.15) is 0 Å². The summed E-state index contributed by atoms with van der Waals surface area (Å²) in [7, 11) is 0. The number of rotatable bonds is 4. The number of hydrogen-bond acceptors (Lipinski definition) is 2. The van der Waals surface area contributed by atoms with Crippen LogP contribution in [0.25, 0.3) is 0 Å². The van der Waals surface area contributed by atoms with Crippen LogP contribution in [-0.4, -0.2) is 22.4 Å². The van der Waals surface area contributed by atoms with Crippen molar-refractivity contribution < 1.29 is 13.6 Å². The first kappa shape index (κ1) is 12.2. The number of aromatic nitrogens is 2. The van der Waals surface area contributed by atoms with Crippen LogP contribution in [-0.2, 0) is 6.42 Å². The lowest BCUT2D eigenvalue weighted by Gasteiger charge is -2.04. The van der Waals surface area contributed by atoms with Gasteiger partial charge in [-0.05, 0) is 18.2 Å². The number of imidazole rings is 1. The molecule has 1 aromatic carbocycles. The minimum Gasteiger partial charge on any atom is -0.352 e. The van der Waals surface area contributed by atoms with Gasteiger partial charge in [-0.1, -0.05) is 0 Å². The van der Waals surface area contributed by atoms with Crippen molar-refractivity contribution in [1.82, 2.24) is 15.3 Å². The predicted octanol–water partition coefficient (Wildman–Crippen LogP) is 1.66. The third-order valence-corrected chi connectivity index (χ3v) is 2.42. The highest BCUT2D eigenvalue weighted by Crippen LogP contribution is 2.08. The Hall–Kier alpha value is -2.24. The molecule has 2 rings (SSSR count). The number of carbonyl (C=O) groups excluding carboxylic acids is 1. The maximum atomic E-state index is 12.9. The number of carbonyl (C=O) groups is 1. The summed E-state index contributed by atoms with van der Waals surface area (Å²) < 4.78 is 25.6. The van der Waals surface area contributed by atoms with Gasteiger partial charge in [0.25, 0.3) is 5.91 Å². The van der Waals surface area contributed by atoms with Crippen molar-refractivity contribution in [3.8, 4) is 0 Å². The van der Waals surface area contributed by atoms with Gasteiger partial charge in [0.15, 0.2) is 11.6 Å². The highest BCUT2D eigenvalue weighted by Gasteiger charge is 2.09. The summed E-state index contributed by atoms with van der Waals surface area (Å²) in [6.45, 7) is 0.389. The second-order valence-electron chi connectivity index (χ2n) is 3.71. The molecule has 0 unspecified atom stereocenters. The minimum absolute atomic E-state index is 0.0958. The van der Waals surface area contributed by atoms with E-state index in [9.17, 15) is 13.6 Å². The third kappa shape index (κ3) is 2.91. The van der Waals surface area contributed by atoms with E-state index in [0.717, 1.165) is 17.8 Å². The van der Waals surface area contributed by atoms with E-state index >= 15 is 0 Å². The van der Waals surface area contributed by atoms with Crippen molar-refractivity contribution in [3.05, 3.63) is 53.6 Å². The highest BCUT2D eigenvalue weighted by atomic mass is 19.2. The lowest BCUT2D eigenvalue weighted by atomic mass is 10.2. The average molecular weight is 251 g/mol. The van der Waals surface area contributed by atoms with Crippen LogP contribution in [0.5, 0.6) is 0 Å². The van der Waals surface area contributed by atoms with Gasteiger partial charge in [-0.2, -0.15) is 0 Å². The number of nitrogens with one attached hydrogen (secondary N) is 2. The van der Waals surface area contributed by atoms with Gasteiger partial charge in [0, 0.05) is 30.4 Å². The van der Waals surface area contributed by atoms with E-state index < -0.39 is 17.5 Å². The zero-order chi connectivity index (χ0) is 13.0. The van der Waals surface area contributed by atoms with Gasteiger partial charge in [0.2, 0.25) is 0 Å². The number of H-pyrrole nitrogens is 1. The molecular weight excluding hydrogens is 240 g/mol. The lowest BCUT2D eigenvalue weighted by molar-refractivity contribution is 0.0953. The topological polar surface area (TPSA) is 57.8 Å². The molecule has 0 bridgehead atoms. The SMILES string of the molecule is O=C(NCCc1cnc[nH]1)c1ccc(F)c(F)c1. The fraction of sp³-hybridized carbons (Fsp3) is 0.167. The second kappa shape index (κ2) is 5.39. The second-order valence-corrected chi connectivity index (χ2v) is 3.71. The quantitative estimate of drug-likeness (QED) is 0.868. The molecular formula is C12H11F2N3O. The molecule has 4 nitrogen and oxygen atoms in total.